The number of carbonyl (C=O) groups excluding carboxylic acids is 2. The summed E-state index contributed by atoms with van der Waals surface area (Å²) in [5.74, 6) is -0.774. The number of hydrogen-bond acceptors (Lipinski definition) is 4. The second-order valence-corrected chi connectivity index (χ2v) is 6.30. The number of benzene rings is 1. The lowest BCUT2D eigenvalue weighted by Gasteiger charge is -2.09. The summed E-state index contributed by atoms with van der Waals surface area (Å²) in [6, 6.07) is 13.6. The number of amides is 2. The molecule has 3 aromatic rings. The fourth-order valence-electron chi connectivity index (χ4n) is 2.38. The quantitative estimate of drug-likeness (QED) is 0.708. The van der Waals surface area contributed by atoms with Crippen LogP contribution in [0.3, 0.4) is 0 Å². The fraction of sp³-hybridized carbons (Fsp3) is 0.100. The predicted octanol–water partition coefficient (Wildman–Crippen LogP) is 3.62. The van der Waals surface area contributed by atoms with Crippen molar-refractivity contribution in [1.82, 2.24) is 15.3 Å². The Balaban J connectivity index is 1.69. The molecule has 2 amide bonds. The second-order valence-electron chi connectivity index (χ2n) is 5.86. The first kappa shape index (κ1) is 18.5. The average molecular weight is 381 g/mol. The number of hydrogen-bond donors (Lipinski definition) is 2. The summed E-state index contributed by atoms with van der Waals surface area (Å²) in [5.41, 5.74) is 2.70. The van der Waals surface area contributed by atoms with Crippen molar-refractivity contribution in [2.45, 2.75) is 13.5 Å². The number of aromatic nitrogens is 2. The maximum absolute atomic E-state index is 12.5. The van der Waals surface area contributed by atoms with E-state index in [0.717, 1.165) is 11.1 Å². The van der Waals surface area contributed by atoms with E-state index >= 15 is 0 Å². The van der Waals surface area contributed by atoms with Crippen LogP contribution in [0.25, 0.3) is 0 Å². The number of halogens is 1. The third kappa shape index (κ3) is 4.89. The minimum Gasteiger partial charge on any atom is -0.347 e. The van der Waals surface area contributed by atoms with Crippen molar-refractivity contribution in [3.05, 3.63) is 88.5 Å². The molecule has 0 radical (unpaired) electrons. The van der Waals surface area contributed by atoms with Crippen LogP contribution in [0.1, 0.15) is 32.1 Å². The van der Waals surface area contributed by atoms with Gasteiger partial charge >= 0.3 is 0 Å². The lowest BCUT2D eigenvalue weighted by molar-refractivity contribution is 0.0945. The molecule has 1 aromatic carbocycles. The van der Waals surface area contributed by atoms with Gasteiger partial charge < -0.3 is 10.6 Å². The Bertz CT molecular complexity index is 977. The van der Waals surface area contributed by atoms with Crippen molar-refractivity contribution < 1.29 is 9.59 Å². The molecule has 6 nitrogen and oxygen atoms in total. The summed E-state index contributed by atoms with van der Waals surface area (Å²) in [7, 11) is 0. The highest BCUT2D eigenvalue weighted by atomic mass is 35.5. The van der Waals surface area contributed by atoms with Gasteiger partial charge in [0, 0.05) is 29.6 Å². The number of pyridine rings is 2. The minimum atomic E-state index is -0.413. The molecule has 0 spiro atoms. The van der Waals surface area contributed by atoms with Gasteiger partial charge in [-0.1, -0.05) is 23.7 Å². The van der Waals surface area contributed by atoms with E-state index in [1.165, 1.54) is 0 Å². The smallest absolute Gasteiger partial charge is 0.274 e. The molecule has 0 unspecified atom stereocenters. The zero-order chi connectivity index (χ0) is 19.2. The van der Waals surface area contributed by atoms with Crippen LogP contribution in [0, 0.1) is 6.92 Å². The van der Waals surface area contributed by atoms with E-state index in [9.17, 15) is 9.59 Å². The number of anilines is 1. The van der Waals surface area contributed by atoms with Crippen molar-refractivity contribution in [3.63, 3.8) is 0 Å². The van der Waals surface area contributed by atoms with E-state index in [1.54, 1.807) is 42.7 Å². The van der Waals surface area contributed by atoms with Crippen LogP contribution in [-0.2, 0) is 6.54 Å². The molecule has 2 N–H and O–H groups in total. The Morgan fingerprint density at radius 3 is 2.44 bits per heavy atom. The van der Waals surface area contributed by atoms with Gasteiger partial charge in [0.05, 0.1) is 0 Å². The maximum atomic E-state index is 12.5. The van der Waals surface area contributed by atoms with E-state index in [1.807, 2.05) is 25.1 Å². The molecular weight excluding hydrogens is 364 g/mol. The average Bonchev–Trinajstić information content (AvgIpc) is 2.69. The van der Waals surface area contributed by atoms with E-state index in [4.69, 9.17) is 11.6 Å². The molecule has 7 heteroatoms. The number of aryl methyl sites for hydroxylation is 1. The van der Waals surface area contributed by atoms with Crippen LogP contribution >= 0.6 is 11.6 Å². The minimum absolute atomic E-state index is 0.144. The fourth-order valence-corrected chi connectivity index (χ4v) is 2.55. The molecule has 0 atom stereocenters. The molecule has 0 aliphatic heterocycles. The Hall–Kier alpha value is -3.25. The third-order valence-electron chi connectivity index (χ3n) is 3.86. The van der Waals surface area contributed by atoms with Gasteiger partial charge in [0.25, 0.3) is 11.8 Å². The zero-order valence-electron chi connectivity index (χ0n) is 14.6. The van der Waals surface area contributed by atoms with Gasteiger partial charge in [-0.25, -0.2) is 4.98 Å². The molecule has 0 aliphatic rings. The van der Waals surface area contributed by atoms with E-state index in [2.05, 4.69) is 20.6 Å². The second kappa shape index (κ2) is 8.42. The van der Waals surface area contributed by atoms with Gasteiger partial charge in [0.1, 0.15) is 11.4 Å². The van der Waals surface area contributed by atoms with Crippen LogP contribution in [0.4, 0.5) is 5.69 Å². The lowest BCUT2D eigenvalue weighted by Crippen LogP contribution is -2.25. The monoisotopic (exact) mass is 380 g/mol. The first-order valence-corrected chi connectivity index (χ1v) is 8.62. The molecule has 0 fully saturated rings. The SMILES string of the molecule is Cc1ccc(Cl)cc1NC(=O)c1cccc(C(=O)NCc2ccncc2)n1. The van der Waals surface area contributed by atoms with Crippen molar-refractivity contribution in [2.75, 3.05) is 5.32 Å². The highest BCUT2D eigenvalue weighted by Crippen LogP contribution is 2.20. The molecule has 0 saturated carbocycles. The predicted molar refractivity (Wildman–Crippen MR) is 104 cm³/mol. The van der Waals surface area contributed by atoms with Gasteiger partial charge in [0.2, 0.25) is 0 Å². The van der Waals surface area contributed by atoms with Crippen molar-refractivity contribution >= 4 is 29.1 Å². The standard InChI is InChI=1S/C20H17ClN4O2/c1-13-5-6-15(21)11-18(13)25-20(27)17-4-2-3-16(24-17)19(26)23-12-14-7-9-22-10-8-14/h2-11H,12H2,1H3,(H,23,26)(H,25,27). The highest BCUT2D eigenvalue weighted by Gasteiger charge is 2.13. The van der Waals surface area contributed by atoms with Crippen LogP contribution < -0.4 is 10.6 Å². The molecule has 0 aliphatic carbocycles. The van der Waals surface area contributed by atoms with Gasteiger partial charge in [-0.2, -0.15) is 0 Å². The molecule has 27 heavy (non-hydrogen) atoms. The first-order chi connectivity index (χ1) is 13.0. The van der Waals surface area contributed by atoms with Gasteiger partial charge in [0.15, 0.2) is 0 Å². The Morgan fingerprint density at radius 2 is 1.70 bits per heavy atom. The topological polar surface area (TPSA) is 84.0 Å². The normalized spacial score (nSPS) is 10.3. The van der Waals surface area contributed by atoms with E-state index < -0.39 is 5.91 Å². The van der Waals surface area contributed by atoms with E-state index in [-0.39, 0.29) is 17.3 Å². The van der Waals surface area contributed by atoms with Crippen molar-refractivity contribution in [3.8, 4) is 0 Å². The van der Waals surface area contributed by atoms with Crippen LogP contribution in [0.5, 0.6) is 0 Å². The number of rotatable bonds is 5. The maximum Gasteiger partial charge on any atom is 0.274 e. The van der Waals surface area contributed by atoms with Crippen LogP contribution in [0.15, 0.2) is 60.9 Å². The summed E-state index contributed by atoms with van der Waals surface area (Å²) in [6.45, 7) is 2.21. The number of nitrogens with one attached hydrogen (secondary N) is 2. The molecule has 0 saturated heterocycles. The Labute approximate surface area is 161 Å². The van der Waals surface area contributed by atoms with Crippen LogP contribution in [0.2, 0.25) is 5.02 Å². The van der Waals surface area contributed by atoms with Gasteiger partial charge in [-0.3, -0.25) is 14.6 Å². The largest absolute Gasteiger partial charge is 0.347 e. The number of carbonyl (C=O) groups is 2. The molecule has 2 aromatic heterocycles. The van der Waals surface area contributed by atoms with Gasteiger partial charge in [-0.05, 0) is 54.4 Å². The molecular formula is C20H17ClN4O2. The molecule has 2 heterocycles. The third-order valence-corrected chi connectivity index (χ3v) is 4.10. The van der Waals surface area contributed by atoms with Crippen LogP contribution in [-0.4, -0.2) is 21.8 Å². The van der Waals surface area contributed by atoms with Gasteiger partial charge in [-0.15, -0.1) is 0 Å². The summed E-state index contributed by atoms with van der Waals surface area (Å²) in [5, 5.41) is 6.06. The molecule has 0 bridgehead atoms. The zero-order valence-corrected chi connectivity index (χ0v) is 15.3. The highest BCUT2D eigenvalue weighted by molar-refractivity contribution is 6.31. The molecule has 3 rings (SSSR count). The van der Waals surface area contributed by atoms with E-state index in [0.29, 0.717) is 17.3 Å². The summed E-state index contributed by atoms with van der Waals surface area (Å²) >= 11 is 5.97. The summed E-state index contributed by atoms with van der Waals surface area (Å²) < 4.78 is 0. The first-order valence-electron chi connectivity index (χ1n) is 8.24. The Kier molecular flexibility index (Phi) is 5.78. The lowest BCUT2D eigenvalue weighted by atomic mass is 10.2. The Morgan fingerprint density at radius 1 is 1.00 bits per heavy atom. The van der Waals surface area contributed by atoms with Crippen molar-refractivity contribution in [2.24, 2.45) is 0 Å². The summed E-state index contributed by atoms with van der Waals surface area (Å²) in [6.07, 6.45) is 3.31. The summed E-state index contributed by atoms with van der Waals surface area (Å²) in [4.78, 5) is 32.9. The van der Waals surface area contributed by atoms with Crippen molar-refractivity contribution in [1.29, 1.82) is 0 Å². The number of nitrogens with zero attached hydrogens (tertiary/aromatic N) is 2. The molecule has 136 valence electrons.